The minimum Gasteiger partial charge on any atom is -0.465 e. The highest BCUT2D eigenvalue weighted by Crippen LogP contribution is 2.17. The van der Waals surface area contributed by atoms with Crippen LogP contribution in [0.4, 0.5) is 10.7 Å². The number of aryl methyl sites for hydroxylation is 1. The summed E-state index contributed by atoms with van der Waals surface area (Å²) in [5, 5.41) is 2.21. The molecule has 0 radical (unpaired) electrons. The van der Waals surface area contributed by atoms with Crippen LogP contribution in [-0.4, -0.2) is 37.5 Å². The van der Waals surface area contributed by atoms with E-state index in [4.69, 9.17) is 0 Å². The van der Waals surface area contributed by atoms with Crippen LogP contribution in [0.15, 0.2) is 39.8 Å². The number of halogens is 1. The summed E-state index contributed by atoms with van der Waals surface area (Å²) >= 11 is 3.21. The SMILES string of the molecule is COC(=O)c1ccccc1S(=O)(=O)NC(=O)Nc1ncc(Br)c(C)n1. The van der Waals surface area contributed by atoms with Gasteiger partial charge in [0.05, 0.1) is 22.8 Å². The fourth-order valence-corrected chi connectivity index (χ4v) is 3.09. The highest BCUT2D eigenvalue weighted by Gasteiger charge is 2.24. The minimum atomic E-state index is -4.31. The molecule has 2 N–H and O–H groups in total. The molecule has 1 aromatic carbocycles. The van der Waals surface area contributed by atoms with Crippen LogP contribution >= 0.6 is 15.9 Å². The van der Waals surface area contributed by atoms with Crippen molar-refractivity contribution < 1.29 is 22.7 Å². The van der Waals surface area contributed by atoms with Crippen LogP contribution in [0, 0.1) is 6.92 Å². The number of urea groups is 1. The summed E-state index contributed by atoms with van der Waals surface area (Å²) in [4.78, 5) is 31.1. The number of hydrogen-bond acceptors (Lipinski definition) is 7. The number of carbonyl (C=O) groups excluding carboxylic acids is 2. The van der Waals surface area contributed by atoms with Crippen molar-refractivity contribution in [3.8, 4) is 0 Å². The Morgan fingerprint density at radius 1 is 1.24 bits per heavy atom. The molecule has 1 heterocycles. The molecule has 25 heavy (non-hydrogen) atoms. The quantitative estimate of drug-likeness (QED) is 0.710. The van der Waals surface area contributed by atoms with Gasteiger partial charge in [-0.2, -0.15) is 0 Å². The molecule has 0 unspecified atom stereocenters. The summed E-state index contributed by atoms with van der Waals surface area (Å²) in [6.07, 6.45) is 1.42. The summed E-state index contributed by atoms with van der Waals surface area (Å²) < 4.78 is 31.7. The smallest absolute Gasteiger partial charge is 0.339 e. The molecule has 0 bridgehead atoms. The molecule has 0 aliphatic carbocycles. The van der Waals surface area contributed by atoms with Crippen LogP contribution in [0.2, 0.25) is 0 Å². The van der Waals surface area contributed by atoms with Crippen molar-refractivity contribution in [1.29, 1.82) is 0 Å². The Bertz CT molecular complexity index is 933. The highest BCUT2D eigenvalue weighted by molar-refractivity contribution is 9.10. The molecule has 0 aliphatic rings. The second kappa shape index (κ2) is 7.57. The van der Waals surface area contributed by atoms with Gasteiger partial charge in [0.2, 0.25) is 5.95 Å². The average Bonchev–Trinajstić information content (AvgIpc) is 2.57. The topological polar surface area (TPSA) is 127 Å². The zero-order valence-electron chi connectivity index (χ0n) is 13.1. The maximum Gasteiger partial charge on any atom is 0.339 e. The molecule has 2 aromatic rings. The standard InChI is InChI=1S/C14H13BrN4O5S/c1-8-10(15)7-16-13(17-8)18-14(21)19-25(22,23)11-6-4-3-5-9(11)12(20)24-2/h3-7H,1-2H3,(H2,16,17,18,19,21). The summed E-state index contributed by atoms with van der Waals surface area (Å²) in [6, 6.07) is 4.28. The van der Waals surface area contributed by atoms with E-state index < -0.39 is 22.0 Å². The molecule has 0 saturated heterocycles. The third-order valence-corrected chi connectivity index (χ3v) is 5.12. The van der Waals surface area contributed by atoms with E-state index >= 15 is 0 Å². The van der Waals surface area contributed by atoms with Crippen molar-refractivity contribution in [2.24, 2.45) is 0 Å². The van der Waals surface area contributed by atoms with Gasteiger partial charge in [0, 0.05) is 6.20 Å². The van der Waals surface area contributed by atoms with E-state index in [1.165, 1.54) is 30.5 Å². The number of ether oxygens (including phenoxy) is 1. The number of anilines is 1. The Balaban J connectivity index is 2.22. The Morgan fingerprint density at radius 2 is 1.92 bits per heavy atom. The van der Waals surface area contributed by atoms with Gasteiger partial charge in [-0.05, 0) is 35.0 Å². The van der Waals surface area contributed by atoms with Crippen LogP contribution in [0.5, 0.6) is 0 Å². The molecule has 0 spiro atoms. The lowest BCUT2D eigenvalue weighted by Crippen LogP contribution is -2.35. The lowest BCUT2D eigenvalue weighted by Gasteiger charge is -2.11. The van der Waals surface area contributed by atoms with E-state index in [1.807, 2.05) is 0 Å². The van der Waals surface area contributed by atoms with Crippen LogP contribution < -0.4 is 10.0 Å². The second-order valence-electron chi connectivity index (χ2n) is 4.67. The number of nitrogens with one attached hydrogen (secondary N) is 2. The normalized spacial score (nSPS) is 10.8. The Hall–Kier alpha value is -2.53. The molecule has 11 heteroatoms. The van der Waals surface area contributed by atoms with E-state index in [0.29, 0.717) is 10.2 Å². The number of amides is 2. The summed E-state index contributed by atoms with van der Waals surface area (Å²) in [6.45, 7) is 1.68. The van der Waals surface area contributed by atoms with Crippen molar-refractivity contribution in [2.45, 2.75) is 11.8 Å². The van der Waals surface area contributed by atoms with Crippen molar-refractivity contribution in [1.82, 2.24) is 14.7 Å². The van der Waals surface area contributed by atoms with Crippen LogP contribution in [0.25, 0.3) is 0 Å². The Morgan fingerprint density at radius 3 is 2.56 bits per heavy atom. The highest BCUT2D eigenvalue weighted by atomic mass is 79.9. The number of nitrogens with zero attached hydrogens (tertiary/aromatic N) is 2. The van der Waals surface area contributed by atoms with Crippen LogP contribution in [0.3, 0.4) is 0 Å². The molecule has 0 fully saturated rings. The van der Waals surface area contributed by atoms with Crippen molar-refractivity contribution >= 4 is 43.9 Å². The lowest BCUT2D eigenvalue weighted by atomic mass is 10.2. The van der Waals surface area contributed by atoms with Crippen molar-refractivity contribution in [2.75, 3.05) is 12.4 Å². The van der Waals surface area contributed by atoms with Gasteiger partial charge in [-0.15, -0.1) is 0 Å². The maximum absolute atomic E-state index is 12.4. The monoisotopic (exact) mass is 428 g/mol. The second-order valence-corrected chi connectivity index (χ2v) is 7.18. The molecule has 0 atom stereocenters. The Kier molecular flexibility index (Phi) is 5.69. The molecule has 2 rings (SSSR count). The van der Waals surface area contributed by atoms with E-state index in [1.54, 1.807) is 11.6 Å². The first-order valence-corrected chi connectivity index (χ1v) is 9.02. The molecule has 1 aromatic heterocycles. The number of esters is 1. The van der Waals surface area contributed by atoms with Crippen LogP contribution in [-0.2, 0) is 14.8 Å². The molecule has 9 nitrogen and oxygen atoms in total. The maximum atomic E-state index is 12.4. The first-order chi connectivity index (χ1) is 11.7. The van der Waals surface area contributed by atoms with Gasteiger partial charge in [0.15, 0.2) is 0 Å². The van der Waals surface area contributed by atoms with Gasteiger partial charge in [-0.25, -0.2) is 32.7 Å². The number of carbonyl (C=O) groups is 2. The van der Waals surface area contributed by atoms with E-state index in [-0.39, 0.29) is 16.4 Å². The first kappa shape index (κ1) is 18.8. The third-order valence-electron chi connectivity index (χ3n) is 2.95. The summed E-state index contributed by atoms with van der Waals surface area (Å²) in [7, 11) is -3.19. The molecule has 132 valence electrons. The van der Waals surface area contributed by atoms with Gasteiger partial charge < -0.3 is 4.74 Å². The van der Waals surface area contributed by atoms with Crippen molar-refractivity contribution in [3.63, 3.8) is 0 Å². The number of sulfonamides is 1. The largest absolute Gasteiger partial charge is 0.465 e. The number of benzene rings is 1. The molecule has 0 aliphatic heterocycles. The third kappa shape index (κ3) is 4.51. The first-order valence-electron chi connectivity index (χ1n) is 6.75. The van der Waals surface area contributed by atoms with E-state index in [2.05, 4.69) is 36.0 Å². The van der Waals surface area contributed by atoms with Gasteiger partial charge in [0.1, 0.15) is 4.90 Å². The number of hydrogen-bond donors (Lipinski definition) is 2. The molecular formula is C14H13BrN4O5S. The van der Waals surface area contributed by atoms with Gasteiger partial charge in [-0.1, -0.05) is 12.1 Å². The summed E-state index contributed by atoms with van der Waals surface area (Å²) in [5.41, 5.74) is 0.366. The molecule has 0 saturated carbocycles. The predicted molar refractivity (Wildman–Crippen MR) is 91.6 cm³/mol. The van der Waals surface area contributed by atoms with Crippen LogP contribution in [0.1, 0.15) is 16.1 Å². The Labute approximate surface area is 152 Å². The fourth-order valence-electron chi connectivity index (χ4n) is 1.80. The fraction of sp³-hybridized carbons (Fsp3) is 0.143. The number of aromatic nitrogens is 2. The van der Waals surface area contributed by atoms with Crippen molar-refractivity contribution in [3.05, 3.63) is 46.2 Å². The zero-order chi connectivity index (χ0) is 18.6. The van der Waals surface area contributed by atoms with E-state index in [9.17, 15) is 18.0 Å². The summed E-state index contributed by atoms with van der Waals surface area (Å²) in [5.74, 6) is -0.914. The van der Waals surface area contributed by atoms with Gasteiger partial charge in [0.25, 0.3) is 10.0 Å². The zero-order valence-corrected chi connectivity index (χ0v) is 15.5. The molecular weight excluding hydrogens is 416 g/mol. The lowest BCUT2D eigenvalue weighted by molar-refractivity contribution is 0.0596. The number of rotatable bonds is 4. The average molecular weight is 429 g/mol. The van der Waals surface area contributed by atoms with E-state index in [0.717, 1.165) is 7.11 Å². The molecule has 2 amide bonds. The minimum absolute atomic E-state index is 0.0744. The van der Waals surface area contributed by atoms with Gasteiger partial charge >= 0.3 is 12.0 Å². The van der Waals surface area contributed by atoms with Gasteiger partial charge in [-0.3, -0.25) is 5.32 Å². The predicted octanol–water partition coefficient (Wildman–Crippen LogP) is 1.84. The number of methoxy groups -OCH3 is 1.